The Kier molecular flexibility index (Phi) is 7.07. The monoisotopic (exact) mass is 394 g/mol. The summed E-state index contributed by atoms with van der Waals surface area (Å²) in [7, 11) is 0. The van der Waals surface area contributed by atoms with Crippen molar-refractivity contribution in [2.45, 2.75) is 25.0 Å². The minimum atomic E-state index is -0.646. The number of carbonyl (C=O) groups excluding carboxylic acids is 2. The van der Waals surface area contributed by atoms with Crippen LogP contribution in [0.4, 0.5) is 0 Å². The maximum Gasteiger partial charge on any atom is 0.247 e. The van der Waals surface area contributed by atoms with Crippen molar-refractivity contribution in [3.63, 3.8) is 0 Å². The molecule has 2 aliphatic rings. The third kappa shape index (κ3) is 5.42. The van der Waals surface area contributed by atoms with Gasteiger partial charge < -0.3 is 15.8 Å². The lowest BCUT2D eigenvalue weighted by atomic mass is 10.1. The number of nitrogens with zero attached hydrogens (tertiary/aromatic N) is 2. The molecule has 2 saturated heterocycles. The van der Waals surface area contributed by atoms with Crippen molar-refractivity contribution in [1.82, 2.24) is 15.1 Å². The highest BCUT2D eigenvalue weighted by Crippen LogP contribution is 2.29. The average molecular weight is 395 g/mol. The molecular weight excluding hydrogens is 368 g/mol. The van der Waals surface area contributed by atoms with E-state index in [4.69, 9.17) is 22.1 Å². The first kappa shape index (κ1) is 20.1. The van der Waals surface area contributed by atoms with E-state index < -0.39 is 12.0 Å². The van der Waals surface area contributed by atoms with E-state index in [1.54, 1.807) is 0 Å². The predicted octanol–water partition coefficient (Wildman–Crippen LogP) is 0.779. The van der Waals surface area contributed by atoms with E-state index in [9.17, 15) is 9.59 Å². The first-order valence-corrected chi connectivity index (χ1v) is 9.81. The van der Waals surface area contributed by atoms with Gasteiger partial charge in [-0.15, -0.1) is 0 Å². The summed E-state index contributed by atoms with van der Waals surface area (Å²) in [4.78, 5) is 28.0. The Bertz CT molecular complexity index is 666. The molecule has 2 atom stereocenters. The van der Waals surface area contributed by atoms with Crippen LogP contribution < -0.4 is 11.1 Å². The van der Waals surface area contributed by atoms with Gasteiger partial charge in [0.2, 0.25) is 11.8 Å². The van der Waals surface area contributed by atoms with Crippen LogP contribution in [-0.2, 0) is 14.3 Å². The van der Waals surface area contributed by atoms with Crippen molar-refractivity contribution < 1.29 is 14.3 Å². The van der Waals surface area contributed by atoms with Crippen LogP contribution in [-0.4, -0.2) is 73.6 Å². The lowest BCUT2D eigenvalue weighted by molar-refractivity contribution is -0.137. The summed E-state index contributed by atoms with van der Waals surface area (Å²) in [6.07, 6.45) is 1.68. The standard InChI is InChI=1S/C19H27ClN4O3/c20-15-6-2-1-5-14(15)16(24-7-3-4-8-24)11-22-18(25)13-23-9-10-27-17(12-23)19(21)26/h1-2,5-6,16-17H,3-4,7-13H2,(H2,21,26)(H,22,25). The van der Waals surface area contributed by atoms with Gasteiger partial charge in [0.1, 0.15) is 6.10 Å². The fourth-order valence-corrected chi connectivity index (χ4v) is 3.98. The largest absolute Gasteiger partial charge is 0.367 e. The van der Waals surface area contributed by atoms with Gasteiger partial charge in [0.25, 0.3) is 0 Å². The van der Waals surface area contributed by atoms with Crippen LogP contribution in [0.3, 0.4) is 0 Å². The zero-order valence-electron chi connectivity index (χ0n) is 15.4. The van der Waals surface area contributed by atoms with E-state index in [1.807, 2.05) is 29.2 Å². The van der Waals surface area contributed by atoms with Crippen LogP contribution in [0, 0.1) is 0 Å². The van der Waals surface area contributed by atoms with Gasteiger partial charge in [0, 0.05) is 24.7 Å². The molecule has 3 N–H and O–H groups in total. The number of hydrogen-bond donors (Lipinski definition) is 2. The summed E-state index contributed by atoms with van der Waals surface area (Å²) in [6, 6.07) is 7.87. The zero-order valence-corrected chi connectivity index (χ0v) is 16.2. The number of ether oxygens (including phenoxy) is 1. The maximum absolute atomic E-state index is 12.5. The van der Waals surface area contributed by atoms with Gasteiger partial charge in [-0.1, -0.05) is 29.8 Å². The van der Waals surface area contributed by atoms with E-state index >= 15 is 0 Å². The third-order valence-corrected chi connectivity index (χ3v) is 5.52. The summed E-state index contributed by atoms with van der Waals surface area (Å²) in [5.41, 5.74) is 6.34. The molecule has 2 amide bonds. The van der Waals surface area contributed by atoms with Gasteiger partial charge in [-0.05, 0) is 37.6 Å². The maximum atomic E-state index is 12.5. The Morgan fingerprint density at radius 3 is 2.70 bits per heavy atom. The Morgan fingerprint density at radius 2 is 2.00 bits per heavy atom. The lowest BCUT2D eigenvalue weighted by Gasteiger charge is -2.32. The zero-order chi connectivity index (χ0) is 19.2. The molecule has 2 aliphatic heterocycles. The van der Waals surface area contributed by atoms with E-state index in [1.165, 1.54) is 0 Å². The summed E-state index contributed by atoms with van der Waals surface area (Å²) in [5.74, 6) is -0.565. The van der Waals surface area contributed by atoms with Crippen LogP contribution >= 0.6 is 11.6 Å². The van der Waals surface area contributed by atoms with Crippen LogP contribution in [0.2, 0.25) is 5.02 Å². The summed E-state index contributed by atoms with van der Waals surface area (Å²) in [5, 5.41) is 3.76. The molecule has 0 spiro atoms. The summed E-state index contributed by atoms with van der Waals surface area (Å²) < 4.78 is 5.32. The molecule has 27 heavy (non-hydrogen) atoms. The number of primary amides is 1. The number of morpholine rings is 1. The molecule has 0 bridgehead atoms. The van der Waals surface area contributed by atoms with Crippen molar-refractivity contribution in [3.8, 4) is 0 Å². The molecular formula is C19H27ClN4O3. The third-order valence-electron chi connectivity index (χ3n) is 5.17. The second-order valence-corrected chi connectivity index (χ2v) is 7.49. The van der Waals surface area contributed by atoms with Crippen LogP contribution in [0.25, 0.3) is 0 Å². The van der Waals surface area contributed by atoms with Crippen molar-refractivity contribution >= 4 is 23.4 Å². The molecule has 0 aliphatic carbocycles. The van der Waals surface area contributed by atoms with Gasteiger partial charge in [0.05, 0.1) is 19.2 Å². The number of amides is 2. The number of nitrogens with two attached hydrogens (primary N) is 1. The summed E-state index contributed by atoms with van der Waals surface area (Å²) >= 11 is 6.41. The van der Waals surface area contributed by atoms with Crippen molar-refractivity contribution in [3.05, 3.63) is 34.9 Å². The molecule has 3 rings (SSSR count). The number of carbonyl (C=O) groups is 2. The Morgan fingerprint density at radius 1 is 1.26 bits per heavy atom. The van der Waals surface area contributed by atoms with Gasteiger partial charge in [0.15, 0.2) is 0 Å². The van der Waals surface area contributed by atoms with E-state index in [0.29, 0.717) is 26.2 Å². The first-order chi connectivity index (χ1) is 13.0. The van der Waals surface area contributed by atoms with Gasteiger partial charge in [-0.2, -0.15) is 0 Å². The summed E-state index contributed by atoms with van der Waals surface area (Å²) in [6.45, 7) is 4.11. The van der Waals surface area contributed by atoms with E-state index in [2.05, 4.69) is 10.2 Å². The molecule has 2 unspecified atom stereocenters. The smallest absolute Gasteiger partial charge is 0.247 e. The van der Waals surface area contributed by atoms with Gasteiger partial charge in [-0.3, -0.25) is 19.4 Å². The van der Waals surface area contributed by atoms with E-state index in [0.717, 1.165) is 36.5 Å². The van der Waals surface area contributed by atoms with Crippen molar-refractivity contribution in [1.29, 1.82) is 0 Å². The molecule has 148 valence electrons. The Labute approximate surface area is 164 Å². The first-order valence-electron chi connectivity index (χ1n) is 9.43. The Hall–Kier alpha value is -1.67. The van der Waals surface area contributed by atoms with Crippen LogP contribution in [0.5, 0.6) is 0 Å². The van der Waals surface area contributed by atoms with Gasteiger partial charge in [-0.25, -0.2) is 0 Å². The fourth-order valence-electron chi connectivity index (χ4n) is 3.72. The highest BCUT2D eigenvalue weighted by molar-refractivity contribution is 6.31. The van der Waals surface area contributed by atoms with Crippen LogP contribution in [0.15, 0.2) is 24.3 Å². The number of benzene rings is 1. The topological polar surface area (TPSA) is 87.9 Å². The molecule has 2 fully saturated rings. The van der Waals surface area contributed by atoms with Crippen molar-refractivity contribution in [2.24, 2.45) is 5.73 Å². The molecule has 8 heteroatoms. The molecule has 0 aromatic heterocycles. The van der Waals surface area contributed by atoms with E-state index in [-0.39, 0.29) is 18.5 Å². The Balaban J connectivity index is 1.57. The second kappa shape index (κ2) is 9.50. The highest BCUT2D eigenvalue weighted by Gasteiger charge is 2.28. The number of hydrogen-bond acceptors (Lipinski definition) is 5. The van der Waals surface area contributed by atoms with Gasteiger partial charge >= 0.3 is 0 Å². The molecule has 1 aromatic carbocycles. The number of halogens is 1. The molecule has 0 radical (unpaired) electrons. The number of nitrogens with one attached hydrogen (secondary N) is 1. The minimum Gasteiger partial charge on any atom is -0.367 e. The average Bonchev–Trinajstić information content (AvgIpc) is 3.18. The highest BCUT2D eigenvalue weighted by atomic mass is 35.5. The molecule has 7 nitrogen and oxygen atoms in total. The molecule has 2 heterocycles. The number of likely N-dealkylation sites (tertiary alicyclic amines) is 1. The fraction of sp³-hybridized carbons (Fsp3) is 0.579. The second-order valence-electron chi connectivity index (χ2n) is 7.08. The quantitative estimate of drug-likeness (QED) is 0.713. The van der Waals surface area contributed by atoms with Crippen LogP contribution in [0.1, 0.15) is 24.4 Å². The predicted molar refractivity (Wildman–Crippen MR) is 103 cm³/mol. The SMILES string of the molecule is NC(=O)C1CN(CC(=O)NCC(c2ccccc2Cl)N2CCCC2)CCO1. The molecule has 1 aromatic rings. The molecule has 0 saturated carbocycles. The number of rotatable bonds is 7. The minimum absolute atomic E-state index is 0.0632. The lowest BCUT2D eigenvalue weighted by Crippen LogP contribution is -2.51. The van der Waals surface area contributed by atoms with Crippen molar-refractivity contribution in [2.75, 3.05) is 45.9 Å². The normalized spacial score (nSPS) is 22.5.